The fourth-order valence-electron chi connectivity index (χ4n) is 1.66. The summed E-state index contributed by atoms with van der Waals surface area (Å²) in [6.07, 6.45) is -1.56. The quantitative estimate of drug-likeness (QED) is 0.261. The van der Waals surface area contributed by atoms with Crippen LogP contribution in [0.15, 0.2) is 0 Å². The summed E-state index contributed by atoms with van der Waals surface area (Å²) in [6.45, 7) is 0. The predicted molar refractivity (Wildman–Crippen MR) is 62.2 cm³/mol. The van der Waals surface area contributed by atoms with Crippen LogP contribution in [0.1, 0.15) is 57.8 Å². The molecule has 0 radical (unpaired) electrons. The summed E-state index contributed by atoms with van der Waals surface area (Å²) in [5.74, 6) is 0. The minimum atomic E-state index is -4.84. The van der Waals surface area contributed by atoms with Crippen LogP contribution in [0.25, 0.3) is 0 Å². The molecule has 0 rings (SSSR count). The second-order valence-electron chi connectivity index (χ2n) is 4.53. The number of hydrogen-bond donors (Lipinski definition) is 0. The van der Waals surface area contributed by atoms with E-state index in [2.05, 4.69) is 0 Å². The molecule has 0 saturated carbocycles. The zero-order valence-corrected chi connectivity index (χ0v) is 12.4. The number of halogens is 4. The van der Waals surface area contributed by atoms with Crippen molar-refractivity contribution in [3.8, 4) is 0 Å². The van der Waals surface area contributed by atoms with Gasteiger partial charge in [-0.25, -0.2) is 12.8 Å². The van der Waals surface area contributed by atoms with Crippen LogP contribution in [0.5, 0.6) is 0 Å². The molecule has 0 aromatic rings. The van der Waals surface area contributed by atoms with Crippen LogP contribution in [0, 0.1) is 0 Å². The van der Waals surface area contributed by atoms with E-state index >= 15 is 0 Å². The van der Waals surface area contributed by atoms with Gasteiger partial charge >= 0.3 is 25.0 Å². The Morgan fingerprint density at radius 2 is 1.30 bits per heavy atom. The van der Waals surface area contributed by atoms with Gasteiger partial charge in [0.05, 0.1) is 0 Å². The van der Waals surface area contributed by atoms with Gasteiger partial charge in [0.2, 0.25) is 0 Å². The Balaban J connectivity index is 0. The van der Waals surface area contributed by atoms with E-state index in [0.29, 0.717) is 32.1 Å². The topological polar surface area (TPSA) is 57.2 Å². The van der Waals surface area contributed by atoms with E-state index in [1.165, 1.54) is 0 Å². The molecular weight excluding hydrogens is 295 g/mol. The van der Waals surface area contributed by atoms with Crippen molar-refractivity contribution >= 4 is 10.1 Å². The Morgan fingerprint density at radius 1 is 0.900 bits per heavy atom. The summed E-state index contributed by atoms with van der Waals surface area (Å²) in [7, 11) is -4.84. The van der Waals surface area contributed by atoms with E-state index in [-0.39, 0.29) is 31.7 Å². The van der Waals surface area contributed by atoms with Crippen molar-refractivity contribution in [2.45, 2.75) is 69.5 Å². The van der Waals surface area contributed by atoms with Crippen molar-refractivity contribution in [1.82, 2.24) is 0 Å². The monoisotopic (exact) mass is 314 g/mol. The predicted octanol–water partition coefficient (Wildman–Crippen LogP) is 0.904. The van der Waals surface area contributed by atoms with Crippen LogP contribution in [0.2, 0.25) is 0 Å². The Labute approximate surface area is 129 Å². The maximum atomic E-state index is 12.7. The molecule has 1 unspecified atom stereocenters. The molecule has 0 aromatic carbocycles. The van der Waals surface area contributed by atoms with Gasteiger partial charge in [-0.3, -0.25) is 0 Å². The van der Waals surface area contributed by atoms with Gasteiger partial charge in [0.1, 0.15) is 10.1 Å². The minimum absolute atomic E-state index is 0. The van der Waals surface area contributed by atoms with Crippen LogP contribution < -0.4 is 18.9 Å². The first-order chi connectivity index (χ1) is 8.63. The standard InChI is InChI=1S/C11H20F4O3S.Li/c12-10(19(16,17)18)8-6-4-2-1-3-5-7-9-11(13,14)15;/h10H,1-9H2,(H,16,17,18);/q;+1/p-1. The fraction of sp³-hybridized carbons (Fsp3) is 1.00. The average molecular weight is 314 g/mol. The van der Waals surface area contributed by atoms with Crippen LogP contribution >= 0.6 is 0 Å². The van der Waals surface area contributed by atoms with E-state index in [4.69, 9.17) is 0 Å². The Bertz CT molecular complexity index is 333. The Hall–Kier alpha value is 0.227. The van der Waals surface area contributed by atoms with Crippen molar-refractivity contribution in [2.75, 3.05) is 0 Å². The van der Waals surface area contributed by atoms with Crippen molar-refractivity contribution in [3.05, 3.63) is 0 Å². The molecular formula is C11H19F4LiO3S. The molecule has 0 spiro atoms. The van der Waals surface area contributed by atoms with Gasteiger partial charge in [-0.15, -0.1) is 0 Å². The number of unbranched alkanes of at least 4 members (excludes halogenated alkanes) is 6. The third kappa shape index (κ3) is 14.6. The molecule has 116 valence electrons. The third-order valence-electron chi connectivity index (χ3n) is 2.70. The van der Waals surface area contributed by atoms with Crippen LogP contribution in [-0.4, -0.2) is 24.7 Å². The first kappa shape index (κ1) is 22.5. The van der Waals surface area contributed by atoms with Crippen molar-refractivity contribution < 1.29 is 49.4 Å². The molecule has 3 nitrogen and oxygen atoms in total. The van der Waals surface area contributed by atoms with Gasteiger partial charge in [-0.05, 0) is 19.3 Å². The summed E-state index contributed by atoms with van der Waals surface area (Å²) in [4.78, 5) is 0. The largest absolute Gasteiger partial charge is 1.00 e. The molecule has 0 heterocycles. The second kappa shape index (κ2) is 10.9. The van der Waals surface area contributed by atoms with Crippen LogP contribution in [0.3, 0.4) is 0 Å². The number of hydrogen-bond acceptors (Lipinski definition) is 3. The third-order valence-corrected chi connectivity index (χ3v) is 3.57. The van der Waals surface area contributed by atoms with Gasteiger partial charge in [0.25, 0.3) is 0 Å². The molecule has 0 aliphatic heterocycles. The average Bonchev–Trinajstić information content (AvgIpc) is 2.23. The van der Waals surface area contributed by atoms with Crippen molar-refractivity contribution in [2.24, 2.45) is 0 Å². The van der Waals surface area contributed by atoms with E-state index in [0.717, 1.165) is 6.42 Å². The summed E-state index contributed by atoms with van der Waals surface area (Å²) in [5, 5.41) is 0. The maximum Gasteiger partial charge on any atom is 1.00 e. The summed E-state index contributed by atoms with van der Waals surface area (Å²) in [6, 6.07) is 0. The molecule has 0 fully saturated rings. The maximum absolute atomic E-state index is 12.7. The number of alkyl halides is 4. The molecule has 9 heteroatoms. The van der Waals surface area contributed by atoms with E-state index in [9.17, 15) is 30.5 Å². The van der Waals surface area contributed by atoms with Crippen molar-refractivity contribution in [3.63, 3.8) is 0 Å². The van der Waals surface area contributed by atoms with Crippen LogP contribution in [-0.2, 0) is 10.1 Å². The van der Waals surface area contributed by atoms with Gasteiger partial charge in [-0.2, -0.15) is 13.2 Å². The molecule has 0 aliphatic rings. The molecule has 0 amide bonds. The zero-order valence-electron chi connectivity index (χ0n) is 11.6. The summed E-state index contributed by atoms with van der Waals surface area (Å²) >= 11 is 0. The van der Waals surface area contributed by atoms with Gasteiger partial charge in [-0.1, -0.05) is 32.1 Å². The van der Waals surface area contributed by atoms with Crippen molar-refractivity contribution in [1.29, 1.82) is 0 Å². The first-order valence-electron chi connectivity index (χ1n) is 6.28. The van der Waals surface area contributed by atoms with E-state index < -0.39 is 28.2 Å². The van der Waals surface area contributed by atoms with Gasteiger partial charge in [0, 0.05) is 6.42 Å². The molecule has 0 bridgehead atoms. The zero-order chi connectivity index (χ0) is 14.9. The summed E-state index contributed by atoms with van der Waals surface area (Å²) in [5.41, 5.74) is -2.35. The van der Waals surface area contributed by atoms with E-state index in [1.807, 2.05) is 0 Å². The molecule has 0 N–H and O–H groups in total. The normalized spacial score (nSPS) is 13.8. The van der Waals surface area contributed by atoms with Gasteiger partial charge < -0.3 is 4.55 Å². The smallest absolute Gasteiger partial charge is 0.746 e. The Morgan fingerprint density at radius 3 is 1.70 bits per heavy atom. The fourth-order valence-corrected chi connectivity index (χ4v) is 2.11. The van der Waals surface area contributed by atoms with Crippen LogP contribution in [0.4, 0.5) is 17.6 Å². The minimum Gasteiger partial charge on any atom is -0.746 e. The molecule has 20 heavy (non-hydrogen) atoms. The molecule has 0 aliphatic carbocycles. The second-order valence-corrected chi connectivity index (χ2v) is 6.03. The SMILES string of the molecule is O=S(=O)([O-])C(F)CCCCCCCCCC(F)(F)F.[Li+]. The Kier molecular flexibility index (Phi) is 12.2. The molecule has 1 atom stereocenters. The van der Waals surface area contributed by atoms with E-state index in [1.54, 1.807) is 0 Å². The number of rotatable bonds is 10. The molecule has 0 saturated heterocycles. The molecule has 0 aromatic heterocycles. The first-order valence-corrected chi connectivity index (χ1v) is 7.75. The van der Waals surface area contributed by atoms with Gasteiger partial charge in [0.15, 0.2) is 5.50 Å². The summed E-state index contributed by atoms with van der Waals surface area (Å²) < 4.78 is 78.8.